The quantitative estimate of drug-likeness (QED) is 0.853. The second-order valence-electron chi connectivity index (χ2n) is 4.00. The molecule has 1 aromatic carbocycles. The van der Waals surface area contributed by atoms with Crippen LogP contribution in [-0.4, -0.2) is 17.5 Å². The Hall–Kier alpha value is -0.980. The van der Waals surface area contributed by atoms with E-state index in [1.165, 1.54) is 5.56 Å². The lowest BCUT2D eigenvalue weighted by Gasteiger charge is -2.14. The second kappa shape index (κ2) is 6.57. The summed E-state index contributed by atoms with van der Waals surface area (Å²) in [7, 11) is 0. The van der Waals surface area contributed by atoms with Crippen molar-refractivity contribution in [3.05, 3.63) is 35.4 Å². The van der Waals surface area contributed by atoms with Gasteiger partial charge >= 0.3 is 0 Å². The number of hydrogen-bond acceptors (Lipinski definition) is 3. The topological polar surface area (TPSA) is 44.0 Å². The van der Waals surface area contributed by atoms with Gasteiger partial charge < -0.3 is 5.11 Å². The van der Waals surface area contributed by atoms with Gasteiger partial charge in [0.1, 0.15) is 0 Å². The monoisotopic (exact) mass is 235 g/mol. The fourth-order valence-electron chi connectivity index (χ4n) is 1.29. The molecule has 0 radical (unpaired) electrons. The van der Waals surface area contributed by atoms with Crippen molar-refractivity contribution >= 4 is 11.8 Å². The third-order valence-corrected chi connectivity index (χ3v) is 3.99. The third kappa shape index (κ3) is 3.88. The molecule has 0 bridgehead atoms. The molecule has 16 heavy (non-hydrogen) atoms. The maximum atomic E-state index is 8.94. The van der Waals surface area contributed by atoms with Crippen LogP contribution >= 0.6 is 11.8 Å². The first-order valence-electron chi connectivity index (χ1n) is 5.40. The van der Waals surface area contributed by atoms with Crippen LogP contribution in [0.1, 0.15) is 30.2 Å². The first-order chi connectivity index (χ1) is 7.67. The van der Waals surface area contributed by atoms with Crippen molar-refractivity contribution in [3.8, 4) is 6.07 Å². The summed E-state index contributed by atoms with van der Waals surface area (Å²) < 4.78 is 0. The molecule has 0 fully saturated rings. The standard InChI is InChI=1S/C13H17NOS/c1-10(8-15)9-16-11(2)13-5-3-12(7-14)4-6-13/h3-6,10-11,15H,8-9H2,1-2H3/t10-,11+/m0/s1. The molecule has 1 aromatic rings. The summed E-state index contributed by atoms with van der Waals surface area (Å²) in [6, 6.07) is 9.81. The molecule has 0 unspecified atom stereocenters. The molecule has 2 nitrogen and oxygen atoms in total. The minimum atomic E-state index is 0.243. The molecule has 0 amide bonds. The molecule has 0 aliphatic rings. The molecule has 0 aliphatic heterocycles. The maximum Gasteiger partial charge on any atom is 0.0991 e. The average Bonchev–Trinajstić information content (AvgIpc) is 2.35. The van der Waals surface area contributed by atoms with Gasteiger partial charge in [0.25, 0.3) is 0 Å². The lowest BCUT2D eigenvalue weighted by Crippen LogP contribution is -2.04. The molecule has 0 aliphatic carbocycles. The highest BCUT2D eigenvalue weighted by Crippen LogP contribution is 2.29. The third-order valence-electron chi connectivity index (χ3n) is 2.45. The van der Waals surface area contributed by atoms with E-state index in [-0.39, 0.29) is 6.61 Å². The lowest BCUT2D eigenvalue weighted by atomic mass is 10.1. The Balaban J connectivity index is 2.53. The van der Waals surface area contributed by atoms with Crippen LogP contribution in [0.5, 0.6) is 0 Å². The molecule has 0 heterocycles. The van der Waals surface area contributed by atoms with Crippen molar-refractivity contribution in [3.63, 3.8) is 0 Å². The zero-order chi connectivity index (χ0) is 12.0. The van der Waals surface area contributed by atoms with Gasteiger partial charge in [-0.25, -0.2) is 0 Å². The maximum absolute atomic E-state index is 8.94. The van der Waals surface area contributed by atoms with Crippen LogP contribution in [0.15, 0.2) is 24.3 Å². The molecule has 1 N–H and O–H groups in total. The number of rotatable bonds is 5. The Labute approximate surface area is 101 Å². The molecule has 1 rings (SSSR count). The van der Waals surface area contributed by atoms with E-state index in [2.05, 4.69) is 13.0 Å². The summed E-state index contributed by atoms with van der Waals surface area (Å²) >= 11 is 1.83. The lowest BCUT2D eigenvalue weighted by molar-refractivity contribution is 0.250. The molecular weight excluding hydrogens is 218 g/mol. The Bertz CT molecular complexity index is 355. The zero-order valence-electron chi connectivity index (χ0n) is 9.68. The molecule has 3 heteroatoms. The highest BCUT2D eigenvalue weighted by Gasteiger charge is 2.08. The molecule has 0 saturated carbocycles. The molecule has 0 aromatic heterocycles. The number of nitrogens with zero attached hydrogens (tertiary/aromatic N) is 1. The van der Waals surface area contributed by atoms with Gasteiger partial charge in [-0.05, 0) is 36.3 Å². The van der Waals surface area contributed by atoms with E-state index in [0.29, 0.717) is 16.7 Å². The first kappa shape index (κ1) is 13.1. The zero-order valence-corrected chi connectivity index (χ0v) is 10.5. The summed E-state index contributed by atoms with van der Waals surface area (Å²) in [5, 5.41) is 18.0. The van der Waals surface area contributed by atoms with Crippen LogP contribution in [0.4, 0.5) is 0 Å². The Morgan fingerprint density at radius 3 is 2.44 bits per heavy atom. The summed E-state index contributed by atoms with van der Waals surface area (Å²) in [5.74, 6) is 1.29. The van der Waals surface area contributed by atoms with Crippen molar-refractivity contribution in [1.82, 2.24) is 0 Å². The average molecular weight is 235 g/mol. The number of nitriles is 1. The van der Waals surface area contributed by atoms with Crippen LogP contribution < -0.4 is 0 Å². The molecule has 86 valence electrons. The number of hydrogen-bond donors (Lipinski definition) is 1. The number of aliphatic hydroxyl groups excluding tert-OH is 1. The largest absolute Gasteiger partial charge is 0.396 e. The van der Waals surface area contributed by atoms with Gasteiger partial charge in [-0.2, -0.15) is 17.0 Å². The predicted octanol–water partition coefficient (Wildman–Crippen LogP) is 2.98. The minimum absolute atomic E-state index is 0.243. The van der Waals surface area contributed by atoms with Crippen LogP contribution in [0.3, 0.4) is 0 Å². The van der Waals surface area contributed by atoms with E-state index in [9.17, 15) is 0 Å². The van der Waals surface area contributed by atoms with Crippen LogP contribution in [0.25, 0.3) is 0 Å². The molecular formula is C13H17NOS. The van der Waals surface area contributed by atoms with Crippen molar-refractivity contribution in [2.75, 3.05) is 12.4 Å². The number of aliphatic hydroxyl groups is 1. The number of thioether (sulfide) groups is 1. The van der Waals surface area contributed by atoms with Gasteiger partial charge in [0.15, 0.2) is 0 Å². The van der Waals surface area contributed by atoms with E-state index >= 15 is 0 Å². The second-order valence-corrected chi connectivity index (χ2v) is 5.37. The SMILES string of the molecule is C[C@@H](CO)CS[C@H](C)c1ccc(C#N)cc1. The first-order valence-corrected chi connectivity index (χ1v) is 6.44. The van der Waals surface area contributed by atoms with Crippen LogP contribution in [0, 0.1) is 17.2 Å². The summed E-state index contributed by atoms with van der Waals surface area (Å²) in [6.45, 7) is 4.43. The van der Waals surface area contributed by atoms with E-state index in [4.69, 9.17) is 10.4 Å². The fraction of sp³-hybridized carbons (Fsp3) is 0.462. The van der Waals surface area contributed by atoms with Gasteiger partial charge in [-0.1, -0.05) is 19.1 Å². The van der Waals surface area contributed by atoms with Gasteiger partial charge in [0.05, 0.1) is 11.6 Å². The van der Waals surface area contributed by atoms with Crippen molar-refractivity contribution in [2.24, 2.45) is 5.92 Å². The highest BCUT2D eigenvalue weighted by atomic mass is 32.2. The van der Waals surface area contributed by atoms with Gasteiger partial charge in [0.2, 0.25) is 0 Å². The normalized spacial score (nSPS) is 14.1. The Kier molecular flexibility index (Phi) is 5.37. The molecule has 0 spiro atoms. The van der Waals surface area contributed by atoms with E-state index in [0.717, 1.165) is 5.75 Å². The minimum Gasteiger partial charge on any atom is -0.396 e. The van der Waals surface area contributed by atoms with Crippen molar-refractivity contribution < 1.29 is 5.11 Å². The Morgan fingerprint density at radius 1 is 1.31 bits per heavy atom. The van der Waals surface area contributed by atoms with E-state index in [1.807, 2.05) is 43.0 Å². The summed E-state index contributed by atoms with van der Waals surface area (Å²) in [6.07, 6.45) is 0. The number of benzene rings is 1. The summed E-state index contributed by atoms with van der Waals surface area (Å²) in [4.78, 5) is 0. The van der Waals surface area contributed by atoms with Gasteiger partial charge in [-0.15, -0.1) is 0 Å². The van der Waals surface area contributed by atoms with Crippen LogP contribution in [-0.2, 0) is 0 Å². The van der Waals surface area contributed by atoms with Gasteiger partial charge in [-0.3, -0.25) is 0 Å². The molecule has 2 atom stereocenters. The van der Waals surface area contributed by atoms with Crippen LogP contribution in [0.2, 0.25) is 0 Å². The smallest absolute Gasteiger partial charge is 0.0991 e. The molecule has 0 saturated heterocycles. The van der Waals surface area contributed by atoms with E-state index < -0.39 is 0 Å². The van der Waals surface area contributed by atoms with Crippen molar-refractivity contribution in [2.45, 2.75) is 19.1 Å². The highest BCUT2D eigenvalue weighted by molar-refractivity contribution is 7.99. The predicted molar refractivity (Wildman–Crippen MR) is 68.3 cm³/mol. The summed E-state index contributed by atoms with van der Waals surface area (Å²) in [5.41, 5.74) is 1.93. The van der Waals surface area contributed by atoms with Gasteiger partial charge in [0, 0.05) is 11.9 Å². The van der Waals surface area contributed by atoms with Crippen molar-refractivity contribution in [1.29, 1.82) is 5.26 Å². The fourth-order valence-corrected chi connectivity index (χ4v) is 2.36. The van der Waals surface area contributed by atoms with E-state index in [1.54, 1.807) is 0 Å². The Morgan fingerprint density at radius 2 is 1.94 bits per heavy atom.